The van der Waals surface area contributed by atoms with Crippen molar-refractivity contribution in [2.24, 2.45) is 5.92 Å². The van der Waals surface area contributed by atoms with Gasteiger partial charge in [0, 0.05) is 55.8 Å². The van der Waals surface area contributed by atoms with Gasteiger partial charge in [0.15, 0.2) is 0 Å². The second-order valence-corrected chi connectivity index (χ2v) is 9.51. The molecule has 0 aliphatic carbocycles. The summed E-state index contributed by atoms with van der Waals surface area (Å²) in [5, 5.41) is 7.80. The number of nitrogens with one attached hydrogen (secondary N) is 2. The van der Waals surface area contributed by atoms with Gasteiger partial charge in [0.1, 0.15) is 0 Å². The maximum absolute atomic E-state index is 13.3. The van der Waals surface area contributed by atoms with Crippen molar-refractivity contribution >= 4 is 39.7 Å². The zero-order valence-corrected chi connectivity index (χ0v) is 19.8. The summed E-state index contributed by atoms with van der Waals surface area (Å²) in [5.41, 5.74) is 3.76. The Balaban J connectivity index is 1.07. The summed E-state index contributed by atoms with van der Waals surface area (Å²) in [6.07, 6.45) is 4.88. The highest BCUT2D eigenvalue weighted by atomic mass is 16.2. The Kier molecular flexibility index (Phi) is 5.63. The molecule has 2 aliphatic heterocycles. The molecule has 36 heavy (non-hydrogen) atoms. The average Bonchev–Trinajstić information content (AvgIpc) is 3.60. The Hall–Kier alpha value is -4.21. The summed E-state index contributed by atoms with van der Waals surface area (Å²) < 4.78 is 0. The molecule has 2 N–H and O–H groups in total. The predicted octanol–water partition coefficient (Wildman–Crippen LogP) is 2.28. The third-order valence-electron chi connectivity index (χ3n) is 7.29. The molecule has 10 nitrogen and oxygen atoms in total. The molecule has 2 fully saturated rings. The number of imidazole rings is 1. The number of aromatic amines is 2. The molecule has 184 valence electrons. The minimum atomic E-state index is -0.217. The Morgan fingerprint density at radius 1 is 0.833 bits per heavy atom. The molecule has 10 heteroatoms. The number of H-pyrrole nitrogens is 2. The van der Waals surface area contributed by atoms with E-state index in [4.69, 9.17) is 0 Å². The van der Waals surface area contributed by atoms with Crippen molar-refractivity contribution in [3.63, 3.8) is 0 Å². The fraction of sp³-hybridized carbons (Fsp3) is 0.346. The van der Waals surface area contributed by atoms with E-state index in [1.54, 1.807) is 34.5 Å². The van der Waals surface area contributed by atoms with Crippen molar-refractivity contribution in [2.45, 2.75) is 12.8 Å². The van der Waals surface area contributed by atoms with Crippen molar-refractivity contribution in [2.75, 3.05) is 39.3 Å². The molecule has 6 rings (SSSR count). The van der Waals surface area contributed by atoms with Gasteiger partial charge in [-0.25, -0.2) is 4.98 Å². The normalized spacial score (nSPS) is 18.7. The van der Waals surface area contributed by atoms with Crippen molar-refractivity contribution in [1.29, 1.82) is 0 Å². The van der Waals surface area contributed by atoms with E-state index < -0.39 is 0 Å². The first-order chi connectivity index (χ1) is 17.6. The van der Waals surface area contributed by atoms with Crippen LogP contribution in [0.1, 0.15) is 33.6 Å². The summed E-state index contributed by atoms with van der Waals surface area (Å²) >= 11 is 0. The summed E-state index contributed by atoms with van der Waals surface area (Å²) in [7, 11) is 0. The molecular weight excluding hydrogens is 458 g/mol. The van der Waals surface area contributed by atoms with Gasteiger partial charge in [-0.2, -0.15) is 5.10 Å². The molecule has 3 amide bonds. The van der Waals surface area contributed by atoms with Crippen LogP contribution < -0.4 is 0 Å². The van der Waals surface area contributed by atoms with Gasteiger partial charge < -0.3 is 19.7 Å². The van der Waals surface area contributed by atoms with Crippen LogP contribution in [0, 0.1) is 5.92 Å². The van der Waals surface area contributed by atoms with Crippen LogP contribution in [0.4, 0.5) is 0 Å². The van der Waals surface area contributed by atoms with E-state index in [2.05, 4.69) is 20.2 Å². The van der Waals surface area contributed by atoms with Crippen LogP contribution in [0.3, 0.4) is 0 Å². The number of carbonyl (C=O) groups excluding carboxylic acids is 3. The number of aromatic nitrogens is 4. The van der Waals surface area contributed by atoms with Crippen molar-refractivity contribution in [3.8, 4) is 0 Å². The van der Waals surface area contributed by atoms with Crippen LogP contribution in [-0.2, 0) is 4.79 Å². The van der Waals surface area contributed by atoms with Crippen LogP contribution in [0.5, 0.6) is 0 Å². The molecule has 4 heterocycles. The number of nitrogens with zero attached hydrogens (tertiary/aromatic N) is 5. The molecular formula is C26H27N7O3. The number of fused-ring (bicyclic) bond motifs is 2. The summed E-state index contributed by atoms with van der Waals surface area (Å²) in [6, 6.07) is 10.9. The average molecular weight is 486 g/mol. The highest BCUT2D eigenvalue weighted by Crippen LogP contribution is 2.23. The van der Waals surface area contributed by atoms with Crippen molar-refractivity contribution in [1.82, 2.24) is 34.9 Å². The minimum Gasteiger partial charge on any atom is -0.345 e. The lowest BCUT2D eigenvalue weighted by atomic mass is 9.95. The van der Waals surface area contributed by atoms with E-state index >= 15 is 0 Å². The second kappa shape index (κ2) is 9.10. The fourth-order valence-electron chi connectivity index (χ4n) is 5.26. The quantitative estimate of drug-likeness (QED) is 0.462. The molecule has 0 bridgehead atoms. The first-order valence-corrected chi connectivity index (χ1v) is 12.3. The number of likely N-dealkylation sites (tertiary alicyclic amines) is 1. The lowest BCUT2D eigenvalue weighted by molar-refractivity contribution is -0.138. The van der Waals surface area contributed by atoms with Gasteiger partial charge in [-0.3, -0.25) is 19.5 Å². The van der Waals surface area contributed by atoms with E-state index in [0.29, 0.717) is 50.4 Å². The van der Waals surface area contributed by atoms with Crippen LogP contribution >= 0.6 is 0 Å². The van der Waals surface area contributed by atoms with Crippen molar-refractivity contribution in [3.05, 3.63) is 60.0 Å². The minimum absolute atomic E-state index is 0.0392. The molecule has 0 spiro atoms. The lowest BCUT2D eigenvalue weighted by Gasteiger charge is -2.39. The first-order valence-electron chi connectivity index (χ1n) is 12.3. The van der Waals surface area contributed by atoms with Gasteiger partial charge in [-0.15, -0.1) is 0 Å². The number of benzene rings is 2. The maximum atomic E-state index is 13.3. The zero-order valence-electron chi connectivity index (χ0n) is 19.8. The second-order valence-electron chi connectivity index (χ2n) is 9.51. The molecule has 2 aromatic heterocycles. The predicted molar refractivity (Wildman–Crippen MR) is 133 cm³/mol. The van der Waals surface area contributed by atoms with Gasteiger partial charge in [0.2, 0.25) is 5.91 Å². The number of hydrogen-bond donors (Lipinski definition) is 2. The van der Waals surface area contributed by atoms with Gasteiger partial charge in [0.05, 0.1) is 35.0 Å². The van der Waals surface area contributed by atoms with Crippen molar-refractivity contribution < 1.29 is 14.4 Å². The Labute approximate surface area is 207 Å². The molecule has 1 atom stereocenters. The molecule has 2 aliphatic rings. The monoisotopic (exact) mass is 485 g/mol. The number of hydrogen-bond acceptors (Lipinski definition) is 5. The van der Waals surface area contributed by atoms with Crippen LogP contribution in [0.25, 0.3) is 21.9 Å². The highest BCUT2D eigenvalue weighted by Gasteiger charge is 2.33. The smallest absolute Gasteiger partial charge is 0.254 e. The number of piperidine rings is 1. The Bertz CT molecular complexity index is 1450. The van der Waals surface area contributed by atoms with Crippen LogP contribution in [0.2, 0.25) is 0 Å². The van der Waals surface area contributed by atoms with E-state index in [9.17, 15) is 14.4 Å². The van der Waals surface area contributed by atoms with Gasteiger partial charge in [0.25, 0.3) is 11.8 Å². The molecule has 1 unspecified atom stereocenters. The van der Waals surface area contributed by atoms with Gasteiger partial charge in [-0.05, 0) is 49.2 Å². The fourth-order valence-corrected chi connectivity index (χ4v) is 5.26. The van der Waals surface area contributed by atoms with Crippen LogP contribution in [0.15, 0.2) is 48.9 Å². The molecule has 2 aromatic carbocycles. The van der Waals surface area contributed by atoms with Gasteiger partial charge in [-0.1, -0.05) is 0 Å². The SMILES string of the molecule is O=C(c1ccc2nc[nH]c2c1)N1CCN(C(=O)C2CCCN(C(=O)c3ccc4[nH]ncc4c3)C2)CC1. The largest absolute Gasteiger partial charge is 0.345 e. The van der Waals surface area contributed by atoms with E-state index in [-0.39, 0.29) is 23.6 Å². The Morgan fingerprint density at radius 3 is 2.44 bits per heavy atom. The Morgan fingerprint density at radius 2 is 1.58 bits per heavy atom. The summed E-state index contributed by atoms with van der Waals surface area (Å²) in [5.74, 6) is -0.239. The molecule has 4 aromatic rings. The van der Waals surface area contributed by atoms with E-state index in [1.165, 1.54) is 0 Å². The molecule has 2 saturated heterocycles. The number of carbonyl (C=O) groups is 3. The van der Waals surface area contributed by atoms with Crippen LogP contribution in [-0.4, -0.2) is 91.9 Å². The maximum Gasteiger partial charge on any atom is 0.254 e. The zero-order chi connectivity index (χ0) is 24.6. The third kappa shape index (κ3) is 4.08. The summed E-state index contributed by atoms with van der Waals surface area (Å²) in [4.78, 5) is 52.1. The highest BCUT2D eigenvalue weighted by molar-refractivity contribution is 5.99. The molecule has 0 radical (unpaired) electrons. The lowest BCUT2D eigenvalue weighted by Crippen LogP contribution is -2.54. The van der Waals surface area contributed by atoms with E-state index in [1.807, 2.05) is 29.2 Å². The number of piperazine rings is 1. The van der Waals surface area contributed by atoms with Gasteiger partial charge >= 0.3 is 0 Å². The summed E-state index contributed by atoms with van der Waals surface area (Å²) in [6.45, 7) is 3.05. The number of rotatable bonds is 3. The number of amides is 3. The topological polar surface area (TPSA) is 118 Å². The first kappa shape index (κ1) is 22.3. The molecule has 0 saturated carbocycles. The third-order valence-corrected chi connectivity index (χ3v) is 7.29. The standard InChI is InChI=1S/C26H27N7O3/c34-24(18-4-6-22-23(13-18)28-16-27-22)31-8-10-32(11-9-31)26(36)19-2-1-7-33(15-19)25(35)17-3-5-21-20(12-17)14-29-30-21/h3-6,12-14,16,19H,1-2,7-11,15H2,(H,27,28)(H,29,30). The van der Waals surface area contributed by atoms with E-state index in [0.717, 1.165) is 34.8 Å².